The Hall–Kier alpha value is -3.59. The molecule has 1 saturated heterocycles. The fraction of sp³-hybridized carbons (Fsp3) is 0.423. The van der Waals surface area contributed by atoms with Crippen LogP contribution in [0.3, 0.4) is 0 Å². The average molecular weight is 481 g/mol. The molecule has 0 radical (unpaired) electrons. The molecule has 35 heavy (non-hydrogen) atoms. The number of rotatable bonds is 9. The molecule has 2 aromatic carbocycles. The Labute approximate surface area is 205 Å². The number of carbonyl (C=O) groups is 1. The van der Waals surface area contributed by atoms with Gasteiger partial charge in [0.2, 0.25) is 23.4 Å². The highest BCUT2D eigenvalue weighted by Crippen LogP contribution is 2.39. The molecule has 1 aliphatic rings. The molecule has 0 aliphatic carbocycles. The summed E-state index contributed by atoms with van der Waals surface area (Å²) in [6.07, 6.45) is 1.54. The molecular formula is C26H32N4O5. The van der Waals surface area contributed by atoms with Gasteiger partial charge < -0.3 is 24.1 Å². The van der Waals surface area contributed by atoms with E-state index in [1.54, 1.807) is 21.3 Å². The van der Waals surface area contributed by atoms with E-state index in [1.165, 1.54) is 0 Å². The van der Waals surface area contributed by atoms with E-state index in [-0.39, 0.29) is 11.8 Å². The van der Waals surface area contributed by atoms with Crippen molar-refractivity contribution in [3.63, 3.8) is 0 Å². The van der Waals surface area contributed by atoms with E-state index < -0.39 is 0 Å². The third kappa shape index (κ3) is 5.74. The van der Waals surface area contributed by atoms with Crippen LogP contribution in [-0.4, -0.2) is 55.4 Å². The quantitative estimate of drug-likeness (QED) is 0.496. The van der Waals surface area contributed by atoms with Gasteiger partial charge in [-0.2, -0.15) is 4.98 Å². The van der Waals surface area contributed by atoms with E-state index >= 15 is 0 Å². The Morgan fingerprint density at radius 3 is 2.54 bits per heavy atom. The number of piperidine rings is 1. The first kappa shape index (κ1) is 24.5. The van der Waals surface area contributed by atoms with Crippen molar-refractivity contribution in [1.82, 2.24) is 20.4 Å². The third-order valence-electron chi connectivity index (χ3n) is 6.30. The minimum Gasteiger partial charge on any atom is -0.493 e. The predicted molar refractivity (Wildman–Crippen MR) is 130 cm³/mol. The highest BCUT2D eigenvalue weighted by atomic mass is 16.5. The van der Waals surface area contributed by atoms with Crippen molar-refractivity contribution in [3.8, 4) is 28.6 Å². The zero-order valence-electron chi connectivity index (χ0n) is 20.7. The highest BCUT2D eigenvalue weighted by Gasteiger charge is 2.26. The number of carbonyl (C=O) groups excluding carboxylic acids is 1. The second-order valence-corrected chi connectivity index (χ2v) is 8.64. The van der Waals surface area contributed by atoms with Gasteiger partial charge in [0.1, 0.15) is 0 Å². The lowest BCUT2D eigenvalue weighted by molar-refractivity contribution is -0.126. The number of aryl methyl sites for hydroxylation is 1. The number of methoxy groups -OCH3 is 3. The summed E-state index contributed by atoms with van der Waals surface area (Å²) in [5.74, 6) is 2.85. The maximum absolute atomic E-state index is 12.8. The van der Waals surface area contributed by atoms with Gasteiger partial charge in [-0.05, 0) is 51.1 Å². The fourth-order valence-electron chi connectivity index (χ4n) is 4.39. The lowest BCUT2D eigenvalue weighted by atomic mass is 9.96. The maximum Gasteiger partial charge on any atom is 0.241 e. The molecule has 186 valence electrons. The van der Waals surface area contributed by atoms with Crippen molar-refractivity contribution in [1.29, 1.82) is 0 Å². The van der Waals surface area contributed by atoms with E-state index in [9.17, 15) is 4.79 Å². The monoisotopic (exact) mass is 480 g/mol. The molecular weight excluding hydrogens is 448 g/mol. The molecule has 4 rings (SSSR count). The summed E-state index contributed by atoms with van der Waals surface area (Å²) >= 11 is 0. The molecule has 1 fully saturated rings. The van der Waals surface area contributed by atoms with Crippen LogP contribution >= 0.6 is 0 Å². The van der Waals surface area contributed by atoms with Crippen LogP contribution in [0.25, 0.3) is 11.4 Å². The molecule has 1 aromatic heterocycles. The minimum absolute atomic E-state index is 0.0390. The zero-order chi connectivity index (χ0) is 24.8. The van der Waals surface area contributed by atoms with Crippen molar-refractivity contribution in [3.05, 3.63) is 53.4 Å². The summed E-state index contributed by atoms with van der Waals surface area (Å²) < 4.78 is 21.7. The van der Waals surface area contributed by atoms with Crippen LogP contribution in [0, 0.1) is 12.8 Å². The van der Waals surface area contributed by atoms with Gasteiger partial charge in [0.15, 0.2) is 11.5 Å². The molecule has 9 heteroatoms. The Bertz CT molecular complexity index is 1150. The van der Waals surface area contributed by atoms with Crippen LogP contribution in [0.5, 0.6) is 17.2 Å². The third-order valence-corrected chi connectivity index (χ3v) is 6.30. The molecule has 0 bridgehead atoms. The standard InChI is InChI=1S/C26H32N4O5/c1-17-6-5-7-19(14-17)25-28-22(35-29-25)16-30-12-10-18(11-13-30)26(31)27-15-20-8-9-21(32-2)24(34-4)23(20)33-3/h5-9,14,18H,10-13,15-16H2,1-4H3,(H,27,31). The summed E-state index contributed by atoms with van der Waals surface area (Å²) in [6, 6.07) is 11.7. The van der Waals surface area contributed by atoms with E-state index in [2.05, 4.69) is 20.4 Å². The summed E-state index contributed by atoms with van der Waals surface area (Å²) in [6.45, 7) is 4.55. The summed E-state index contributed by atoms with van der Waals surface area (Å²) in [5, 5.41) is 7.17. The Kier molecular flexibility index (Phi) is 7.87. The minimum atomic E-state index is -0.0390. The molecule has 0 spiro atoms. The number of amides is 1. The lowest BCUT2D eigenvalue weighted by Gasteiger charge is -2.30. The molecule has 9 nitrogen and oxygen atoms in total. The van der Waals surface area contributed by atoms with Crippen molar-refractivity contribution in [2.75, 3.05) is 34.4 Å². The van der Waals surface area contributed by atoms with Gasteiger partial charge in [-0.25, -0.2) is 0 Å². The number of hydrogen-bond acceptors (Lipinski definition) is 8. The lowest BCUT2D eigenvalue weighted by Crippen LogP contribution is -2.40. The number of hydrogen-bond donors (Lipinski definition) is 1. The van der Waals surface area contributed by atoms with Crippen LogP contribution in [0.15, 0.2) is 40.9 Å². The molecule has 1 amide bonds. The number of ether oxygens (including phenoxy) is 3. The first-order valence-corrected chi connectivity index (χ1v) is 11.7. The van der Waals surface area contributed by atoms with E-state index in [0.717, 1.165) is 42.6 Å². The number of benzene rings is 2. The van der Waals surface area contributed by atoms with Crippen LogP contribution in [0.2, 0.25) is 0 Å². The second kappa shape index (κ2) is 11.2. The predicted octanol–water partition coefficient (Wildman–Crippen LogP) is 3.60. The summed E-state index contributed by atoms with van der Waals surface area (Å²) in [5.41, 5.74) is 2.93. The normalized spacial score (nSPS) is 14.5. The van der Waals surface area contributed by atoms with Crippen molar-refractivity contribution >= 4 is 5.91 Å². The molecule has 3 aromatic rings. The maximum atomic E-state index is 12.8. The molecule has 0 atom stereocenters. The van der Waals surface area contributed by atoms with Crippen molar-refractivity contribution in [2.45, 2.75) is 32.9 Å². The topological polar surface area (TPSA) is 99.0 Å². The number of aromatic nitrogens is 2. The Morgan fingerprint density at radius 1 is 1.09 bits per heavy atom. The first-order valence-electron chi connectivity index (χ1n) is 11.7. The fourth-order valence-corrected chi connectivity index (χ4v) is 4.39. The SMILES string of the molecule is COc1ccc(CNC(=O)C2CCN(Cc3nc(-c4cccc(C)c4)no3)CC2)c(OC)c1OC. The summed E-state index contributed by atoms with van der Waals surface area (Å²) in [4.78, 5) is 19.6. The Balaban J connectivity index is 1.28. The van der Waals surface area contributed by atoms with E-state index in [1.807, 2.05) is 43.3 Å². The largest absolute Gasteiger partial charge is 0.493 e. The Morgan fingerprint density at radius 2 is 1.86 bits per heavy atom. The number of likely N-dealkylation sites (tertiary alicyclic amines) is 1. The van der Waals surface area contributed by atoms with Crippen LogP contribution in [0.1, 0.15) is 29.9 Å². The highest BCUT2D eigenvalue weighted by molar-refractivity contribution is 5.79. The van der Waals surface area contributed by atoms with Crippen molar-refractivity contribution < 1.29 is 23.5 Å². The van der Waals surface area contributed by atoms with Crippen molar-refractivity contribution in [2.24, 2.45) is 5.92 Å². The van der Waals surface area contributed by atoms with Gasteiger partial charge in [0.25, 0.3) is 0 Å². The number of nitrogens with one attached hydrogen (secondary N) is 1. The average Bonchev–Trinajstić information content (AvgIpc) is 3.35. The van der Waals surface area contributed by atoms with E-state index in [0.29, 0.717) is 42.1 Å². The number of nitrogens with zero attached hydrogens (tertiary/aromatic N) is 3. The zero-order valence-corrected chi connectivity index (χ0v) is 20.7. The van der Waals surface area contributed by atoms with Crippen LogP contribution < -0.4 is 19.5 Å². The van der Waals surface area contributed by atoms with Gasteiger partial charge in [-0.3, -0.25) is 9.69 Å². The first-order chi connectivity index (χ1) is 17.0. The van der Waals surface area contributed by atoms with Gasteiger partial charge in [-0.1, -0.05) is 28.9 Å². The molecule has 2 heterocycles. The van der Waals surface area contributed by atoms with Gasteiger partial charge >= 0.3 is 0 Å². The summed E-state index contributed by atoms with van der Waals surface area (Å²) in [7, 11) is 4.71. The van der Waals surface area contributed by atoms with Gasteiger partial charge in [-0.15, -0.1) is 0 Å². The smallest absolute Gasteiger partial charge is 0.241 e. The van der Waals surface area contributed by atoms with Gasteiger partial charge in [0, 0.05) is 23.6 Å². The molecule has 1 N–H and O–H groups in total. The molecule has 0 saturated carbocycles. The molecule has 0 unspecified atom stereocenters. The van der Waals surface area contributed by atoms with Crippen LogP contribution in [0.4, 0.5) is 0 Å². The molecule has 1 aliphatic heterocycles. The van der Waals surface area contributed by atoms with Gasteiger partial charge in [0.05, 0.1) is 27.9 Å². The van der Waals surface area contributed by atoms with E-state index in [4.69, 9.17) is 18.7 Å². The second-order valence-electron chi connectivity index (χ2n) is 8.64. The van der Waals surface area contributed by atoms with Crippen LogP contribution in [-0.2, 0) is 17.9 Å².